The number of halogens is 7. The van der Waals surface area contributed by atoms with Gasteiger partial charge in [0.15, 0.2) is 5.82 Å². The highest BCUT2D eigenvalue weighted by atomic mass is 19.4. The van der Waals surface area contributed by atoms with Gasteiger partial charge in [-0.05, 0) is 19.1 Å². The molecule has 4 aromatic rings. The van der Waals surface area contributed by atoms with Crippen molar-refractivity contribution < 1.29 is 30.7 Å². The molecule has 40 heavy (non-hydrogen) atoms. The Balaban J connectivity index is 1.51. The third-order valence-corrected chi connectivity index (χ3v) is 5.86. The number of benzene rings is 1. The van der Waals surface area contributed by atoms with Crippen molar-refractivity contribution >= 4 is 16.6 Å². The Morgan fingerprint density at radius 1 is 1.05 bits per heavy atom. The van der Waals surface area contributed by atoms with E-state index in [0.29, 0.717) is 6.92 Å². The summed E-state index contributed by atoms with van der Waals surface area (Å²) in [7, 11) is 0. The summed E-state index contributed by atoms with van der Waals surface area (Å²) < 4.78 is 97.0. The Hall–Kier alpha value is -4.37. The number of alkyl halides is 6. The van der Waals surface area contributed by atoms with E-state index in [1.54, 1.807) is 5.10 Å². The summed E-state index contributed by atoms with van der Waals surface area (Å²) in [6.07, 6.45) is -3.63. The molecule has 1 aromatic carbocycles. The number of rotatable bonds is 8. The molecule has 16 heteroatoms. The molecule has 0 aliphatic heterocycles. The number of hydrogen-bond acceptors (Lipinski definition) is 7. The molecule has 0 amide bonds. The van der Waals surface area contributed by atoms with E-state index in [0.717, 1.165) is 41.6 Å². The van der Waals surface area contributed by atoms with Gasteiger partial charge in [-0.25, -0.2) is 37.6 Å². The van der Waals surface area contributed by atoms with Gasteiger partial charge in [-0.1, -0.05) is 0 Å². The normalized spacial score (nSPS) is 13.8. The Morgan fingerprint density at radius 2 is 1.73 bits per heavy atom. The van der Waals surface area contributed by atoms with Crippen molar-refractivity contribution in [1.29, 1.82) is 0 Å². The second-order valence-corrected chi connectivity index (χ2v) is 9.10. The minimum absolute atomic E-state index is 0.0121. The van der Waals surface area contributed by atoms with Crippen LogP contribution >= 0.6 is 0 Å². The molecule has 0 saturated heterocycles. The molecule has 0 aliphatic carbocycles. The third-order valence-electron chi connectivity index (χ3n) is 5.86. The molecule has 4 rings (SSSR count). The Kier molecular flexibility index (Phi) is 7.63. The SMILES string of the molecule is C[C@H](C[C@H](F)Cn1cnc2cc(-c3ncc(C(C)(F)F)cn3)c(F)cc2c1=O)Nc1cn[nH]c(=O)c1C(F)(F)F. The van der Waals surface area contributed by atoms with Crippen molar-refractivity contribution in [1.82, 2.24) is 29.7 Å². The summed E-state index contributed by atoms with van der Waals surface area (Å²) in [6, 6.07) is 1.09. The number of nitrogens with zero attached hydrogens (tertiary/aromatic N) is 5. The van der Waals surface area contributed by atoms with Gasteiger partial charge in [0.1, 0.15) is 17.6 Å². The Labute approximate surface area is 220 Å². The first-order valence-corrected chi connectivity index (χ1v) is 11.6. The molecular weight excluding hydrogens is 551 g/mol. The number of fused-ring (bicyclic) bond motifs is 1. The second-order valence-electron chi connectivity index (χ2n) is 9.10. The van der Waals surface area contributed by atoms with Crippen molar-refractivity contribution in [2.45, 2.75) is 51.1 Å². The van der Waals surface area contributed by atoms with E-state index in [4.69, 9.17) is 0 Å². The summed E-state index contributed by atoms with van der Waals surface area (Å²) in [5.41, 5.74) is -5.05. The second kappa shape index (κ2) is 10.7. The van der Waals surface area contributed by atoms with Crippen molar-refractivity contribution in [2.24, 2.45) is 0 Å². The lowest BCUT2D eigenvalue weighted by molar-refractivity contribution is -0.138. The van der Waals surface area contributed by atoms with Crippen molar-refractivity contribution in [2.75, 3.05) is 5.32 Å². The molecule has 2 N–H and O–H groups in total. The highest BCUT2D eigenvalue weighted by Crippen LogP contribution is 2.32. The van der Waals surface area contributed by atoms with Gasteiger partial charge in [-0.2, -0.15) is 18.3 Å². The van der Waals surface area contributed by atoms with Crippen LogP contribution in [0.15, 0.2) is 46.6 Å². The van der Waals surface area contributed by atoms with Crippen LogP contribution < -0.4 is 16.4 Å². The van der Waals surface area contributed by atoms with Gasteiger partial charge >= 0.3 is 6.18 Å². The Morgan fingerprint density at radius 3 is 2.35 bits per heavy atom. The molecule has 2 atom stereocenters. The molecule has 3 aromatic heterocycles. The third kappa shape index (κ3) is 6.10. The summed E-state index contributed by atoms with van der Waals surface area (Å²) in [5.74, 6) is -4.35. The molecule has 0 spiro atoms. The topological polar surface area (TPSA) is 118 Å². The van der Waals surface area contributed by atoms with E-state index in [1.807, 2.05) is 0 Å². The predicted octanol–water partition coefficient (Wildman–Crippen LogP) is 4.44. The van der Waals surface area contributed by atoms with E-state index in [9.17, 15) is 40.3 Å². The van der Waals surface area contributed by atoms with Gasteiger partial charge in [-0.3, -0.25) is 14.2 Å². The van der Waals surface area contributed by atoms with E-state index in [2.05, 4.69) is 25.4 Å². The van der Waals surface area contributed by atoms with E-state index in [-0.39, 0.29) is 28.7 Å². The zero-order valence-electron chi connectivity index (χ0n) is 20.7. The van der Waals surface area contributed by atoms with Crippen LogP contribution in [0.2, 0.25) is 0 Å². The first-order valence-electron chi connectivity index (χ1n) is 11.6. The lowest BCUT2D eigenvalue weighted by Crippen LogP contribution is -2.30. The molecule has 0 unspecified atom stereocenters. The van der Waals surface area contributed by atoms with Crippen molar-refractivity contribution in [3.63, 3.8) is 0 Å². The zero-order valence-corrected chi connectivity index (χ0v) is 20.7. The van der Waals surface area contributed by atoms with E-state index in [1.165, 1.54) is 6.92 Å². The van der Waals surface area contributed by atoms with Crippen LogP contribution in [0.25, 0.3) is 22.3 Å². The van der Waals surface area contributed by atoms with Crippen LogP contribution in [-0.2, 0) is 18.6 Å². The van der Waals surface area contributed by atoms with Crippen LogP contribution in [0.1, 0.15) is 31.4 Å². The number of nitrogens with one attached hydrogen (secondary N) is 2. The monoisotopic (exact) mass is 571 g/mol. The van der Waals surface area contributed by atoms with Crippen LogP contribution in [0.5, 0.6) is 0 Å². The largest absolute Gasteiger partial charge is 0.423 e. The molecule has 0 fully saturated rings. The number of hydrogen-bond donors (Lipinski definition) is 2. The molecule has 0 saturated carbocycles. The molecule has 3 heterocycles. The lowest BCUT2D eigenvalue weighted by Gasteiger charge is -2.20. The average molecular weight is 571 g/mol. The van der Waals surface area contributed by atoms with Gasteiger partial charge in [0.2, 0.25) is 0 Å². The average Bonchev–Trinajstić information content (AvgIpc) is 2.84. The minimum Gasteiger partial charge on any atom is -0.381 e. The fraction of sp³-hybridized carbons (Fsp3) is 0.333. The van der Waals surface area contributed by atoms with Crippen LogP contribution in [0.4, 0.5) is 36.4 Å². The van der Waals surface area contributed by atoms with Crippen LogP contribution in [0, 0.1) is 5.82 Å². The summed E-state index contributed by atoms with van der Waals surface area (Å²) in [4.78, 5) is 36.0. The van der Waals surface area contributed by atoms with Gasteiger partial charge in [-0.15, -0.1) is 0 Å². The number of anilines is 1. The van der Waals surface area contributed by atoms with Gasteiger partial charge in [0.05, 0.1) is 46.8 Å². The lowest BCUT2D eigenvalue weighted by atomic mass is 10.1. The maximum Gasteiger partial charge on any atom is 0.423 e. The van der Waals surface area contributed by atoms with Crippen molar-refractivity contribution in [3.8, 4) is 11.4 Å². The van der Waals surface area contributed by atoms with Crippen LogP contribution in [-0.4, -0.2) is 41.9 Å². The molecule has 212 valence electrons. The standard InChI is InChI=1S/C24H20F7N7O2/c1-11(36-18-8-35-37-21(39)19(18)24(29,30)31)3-13(25)9-38-10-34-17-5-14(16(26)4-15(17)22(38)40)20-32-6-12(7-33-20)23(2,27)28/h4-8,10-11,13H,3,9H2,1-2H3,(H2,36,37,39)/t11-,13+/m1/s1. The quantitative estimate of drug-likeness (QED) is 0.301. The maximum atomic E-state index is 14.8. The molecule has 0 aliphatic rings. The molecule has 0 bridgehead atoms. The van der Waals surface area contributed by atoms with E-state index < -0.39 is 64.6 Å². The maximum absolute atomic E-state index is 14.8. The molecule has 0 radical (unpaired) electrons. The fourth-order valence-corrected chi connectivity index (χ4v) is 3.96. The van der Waals surface area contributed by atoms with Crippen LogP contribution in [0.3, 0.4) is 0 Å². The summed E-state index contributed by atoms with van der Waals surface area (Å²) >= 11 is 0. The van der Waals surface area contributed by atoms with E-state index >= 15 is 0 Å². The zero-order chi connectivity index (χ0) is 29.4. The summed E-state index contributed by atoms with van der Waals surface area (Å²) in [6.45, 7) is 1.48. The van der Waals surface area contributed by atoms with Gasteiger partial charge in [0, 0.05) is 31.8 Å². The predicted molar refractivity (Wildman–Crippen MR) is 129 cm³/mol. The Bertz CT molecular complexity index is 1650. The number of aromatic amines is 1. The minimum atomic E-state index is -4.98. The van der Waals surface area contributed by atoms with Gasteiger partial charge in [0.25, 0.3) is 17.0 Å². The molecular formula is C24H20F7N7O2. The fourth-order valence-electron chi connectivity index (χ4n) is 3.96. The number of aromatic nitrogens is 6. The first kappa shape index (κ1) is 28.6. The highest BCUT2D eigenvalue weighted by molar-refractivity contribution is 5.82. The first-order chi connectivity index (χ1) is 18.6. The van der Waals surface area contributed by atoms with Crippen molar-refractivity contribution in [3.05, 3.63) is 74.7 Å². The highest BCUT2D eigenvalue weighted by Gasteiger charge is 2.37. The smallest absolute Gasteiger partial charge is 0.381 e. The summed E-state index contributed by atoms with van der Waals surface area (Å²) in [5, 5.41) is 7.23. The number of H-pyrrole nitrogens is 1. The molecule has 9 nitrogen and oxygen atoms in total. The van der Waals surface area contributed by atoms with Gasteiger partial charge < -0.3 is 5.32 Å².